The number of anilines is 1. The number of aromatic nitrogens is 1. The summed E-state index contributed by atoms with van der Waals surface area (Å²) in [5.41, 5.74) is 0.854. The first-order valence-electron chi connectivity index (χ1n) is 9.39. The third-order valence-electron chi connectivity index (χ3n) is 4.34. The fraction of sp³-hybridized carbons (Fsp3) is 0.579. The van der Waals surface area contributed by atoms with Crippen LogP contribution in [0.1, 0.15) is 31.9 Å². The van der Waals surface area contributed by atoms with E-state index in [1.54, 1.807) is 13.1 Å². The standard InChI is InChI=1S/C19H29N5O3/c1-4-27-18(26)15-8-6-12-24(13-15)19(20-3)21-11-10-17(25)23-16-9-5-7-14(2)22-16/h5,7,9,15H,4,6,8,10-13H2,1-3H3,(H,20,21)(H,22,23,25). The number of amides is 1. The van der Waals surface area contributed by atoms with Crippen molar-refractivity contribution in [1.82, 2.24) is 15.2 Å². The number of carbonyl (C=O) groups is 2. The number of esters is 1. The van der Waals surface area contributed by atoms with Gasteiger partial charge in [-0.05, 0) is 38.8 Å². The topological polar surface area (TPSA) is 95.9 Å². The molecule has 1 aromatic heterocycles. The van der Waals surface area contributed by atoms with Gasteiger partial charge in [-0.25, -0.2) is 4.98 Å². The third-order valence-corrected chi connectivity index (χ3v) is 4.34. The number of hydrogen-bond acceptors (Lipinski definition) is 5. The van der Waals surface area contributed by atoms with Crippen LogP contribution in [0.2, 0.25) is 0 Å². The van der Waals surface area contributed by atoms with Crippen molar-refractivity contribution in [2.75, 3.05) is 38.6 Å². The van der Waals surface area contributed by atoms with Crippen molar-refractivity contribution in [1.29, 1.82) is 0 Å². The summed E-state index contributed by atoms with van der Waals surface area (Å²) < 4.78 is 5.14. The zero-order valence-corrected chi connectivity index (χ0v) is 16.3. The van der Waals surface area contributed by atoms with E-state index in [4.69, 9.17) is 4.74 Å². The Labute approximate surface area is 160 Å². The Morgan fingerprint density at radius 3 is 2.93 bits per heavy atom. The van der Waals surface area contributed by atoms with Crippen LogP contribution in [0, 0.1) is 12.8 Å². The van der Waals surface area contributed by atoms with Crippen LogP contribution in [-0.2, 0) is 14.3 Å². The van der Waals surface area contributed by atoms with E-state index < -0.39 is 0 Å². The summed E-state index contributed by atoms with van der Waals surface area (Å²) in [6, 6.07) is 5.50. The molecule has 2 N–H and O–H groups in total. The summed E-state index contributed by atoms with van der Waals surface area (Å²) in [4.78, 5) is 34.6. The fourth-order valence-electron chi connectivity index (χ4n) is 3.06. The average molecular weight is 375 g/mol. The summed E-state index contributed by atoms with van der Waals surface area (Å²) in [6.07, 6.45) is 2.03. The number of ether oxygens (including phenoxy) is 1. The average Bonchev–Trinajstić information content (AvgIpc) is 2.65. The number of likely N-dealkylation sites (tertiary alicyclic amines) is 1. The van der Waals surface area contributed by atoms with E-state index in [2.05, 4.69) is 20.6 Å². The molecule has 0 aromatic carbocycles. The smallest absolute Gasteiger partial charge is 0.310 e. The third kappa shape index (κ3) is 6.54. The second-order valence-electron chi connectivity index (χ2n) is 6.47. The lowest BCUT2D eigenvalue weighted by atomic mass is 9.98. The minimum absolute atomic E-state index is 0.112. The summed E-state index contributed by atoms with van der Waals surface area (Å²) in [5, 5.41) is 5.99. The van der Waals surface area contributed by atoms with Crippen LogP contribution in [0.5, 0.6) is 0 Å². The second-order valence-corrected chi connectivity index (χ2v) is 6.47. The van der Waals surface area contributed by atoms with Crippen LogP contribution >= 0.6 is 0 Å². The summed E-state index contributed by atoms with van der Waals surface area (Å²) in [5.74, 6) is 0.859. The summed E-state index contributed by atoms with van der Waals surface area (Å²) >= 11 is 0. The van der Waals surface area contributed by atoms with Crippen LogP contribution in [-0.4, -0.2) is 61.0 Å². The van der Waals surface area contributed by atoms with Gasteiger partial charge in [0.2, 0.25) is 5.91 Å². The van der Waals surface area contributed by atoms with Crippen LogP contribution < -0.4 is 10.6 Å². The molecule has 1 fully saturated rings. The van der Waals surface area contributed by atoms with E-state index in [1.807, 2.05) is 30.9 Å². The van der Waals surface area contributed by atoms with Crippen LogP contribution in [0.25, 0.3) is 0 Å². The molecule has 27 heavy (non-hydrogen) atoms. The lowest BCUT2D eigenvalue weighted by molar-refractivity contribution is -0.149. The van der Waals surface area contributed by atoms with E-state index in [-0.39, 0.29) is 17.8 Å². The van der Waals surface area contributed by atoms with Crippen molar-refractivity contribution in [3.05, 3.63) is 23.9 Å². The monoisotopic (exact) mass is 375 g/mol. The SMILES string of the molecule is CCOC(=O)C1CCCN(C(=NC)NCCC(=O)Nc2cccc(C)n2)C1. The maximum atomic E-state index is 12.1. The van der Waals surface area contributed by atoms with Crippen molar-refractivity contribution in [2.24, 2.45) is 10.9 Å². The van der Waals surface area contributed by atoms with E-state index in [0.29, 0.717) is 37.9 Å². The van der Waals surface area contributed by atoms with Gasteiger partial charge in [0.1, 0.15) is 5.82 Å². The van der Waals surface area contributed by atoms with Gasteiger partial charge in [0.25, 0.3) is 0 Å². The van der Waals surface area contributed by atoms with Crippen molar-refractivity contribution in [2.45, 2.75) is 33.1 Å². The van der Waals surface area contributed by atoms with Crippen molar-refractivity contribution >= 4 is 23.7 Å². The molecule has 1 amide bonds. The Morgan fingerprint density at radius 1 is 1.41 bits per heavy atom. The predicted octanol–water partition coefficient (Wildman–Crippen LogP) is 1.57. The number of aryl methyl sites for hydroxylation is 1. The maximum absolute atomic E-state index is 12.1. The highest BCUT2D eigenvalue weighted by Gasteiger charge is 2.28. The van der Waals surface area contributed by atoms with Crippen molar-refractivity contribution < 1.29 is 14.3 Å². The molecule has 2 rings (SSSR count). The number of hydrogen-bond donors (Lipinski definition) is 2. The molecule has 1 unspecified atom stereocenters. The molecular weight excluding hydrogens is 346 g/mol. The summed E-state index contributed by atoms with van der Waals surface area (Å²) in [6.45, 7) is 5.95. The van der Waals surface area contributed by atoms with E-state index >= 15 is 0 Å². The van der Waals surface area contributed by atoms with Crippen LogP contribution in [0.3, 0.4) is 0 Å². The number of aliphatic imine (C=N–C) groups is 1. The number of nitrogens with one attached hydrogen (secondary N) is 2. The molecule has 1 aliphatic heterocycles. The highest BCUT2D eigenvalue weighted by atomic mass is 16.5. The van der Waals surface area contributed by atoms with E-state index in [9.17, 15) is 9.59 Å². The molecular formula is C19H29N5O3. The number of nitrogens with zero attached hydrogens (tertiary/aromatic N) is 3. The molecule has 0 bridgehead atoms. The zero-order chi connectivity index (χ0) is 19.6. The molecule has 1 saturated heterocycles. The number of piperidine rings is 1. The minimum Gasteiger partial charge on any atom is -0.466 e. The maximum Gasteiger partial charge on any atom is 0.310 e. The number of pyridine rings is 1. The molecule has 1 atom stereocenters. The largest absolute Gasteiger partial charge is 0.466 e. The van der Waals surface area contributed by atoms with Crippen LogP contribution in [0.15, 0.2) is 23.2 Å². The van der Waals surface area contributed by atoms with Gasteiger partial charge < -0.3 is 20.3 Å². The van der Waals surface area contributed by atoms with Gasteiger partial charge >= 0.3 is 5.97 Å². The number of rotatable bonds is 6. The van der Waals surface area contributed by atoms with Gasteiger partial charge in [-0.15, -0.1) is 0 Å². The predicted molar refractivity (Wildman–Crippen MR) is 105 cm³/mol. The summed E-state index contributed by atoms with van der Waals surface area (Å²) in [7, 11) is 1.70. The quantitative estimate of drug-likeness (QED) is 0.445. The van der Waals surface area contributed by atoms with Gasteiger partial charge in [-0.3, -0.25) is 14.6 Å². The van der Waals surface area contributed by atoms with Crippen LogP contribution in [0.4, 0.5) is 5.82 Å². The Hall–Kier alpha value is -2.64. The van der Waals surface area contributed by atoms with Crippen molar-refractivity contribution in [3.63, 3.8) is 0 Å². The molecule has 0 radical (unpaired) electrons. The first-order valence-corrected chi connectivity index (χ1v) is 9.39. The van der Waals surface area contributed by atoms with E-state index in [1.165, 1.54) is 0 Å². The Bertz CT molecular complexity index is 677. The zero-order valence-electron chi connectivity index (χ0n) is 16.3. The number of carbonyl (C=O) groups excluding carboxylic acids is 2. The highest BCUT2D eigenvalue weighted by Crippen LogP contribution is 2.18. The fourth-order valence-corrected chi connectivity index (χ4v) is 3.06. The van der Waals surface area contributed by atoms with Gasteiger partial charge in [0.05, 0.1) is 12.5 Å². The van der Waals surface area contributed by atoms with Gasteiger partial charge in [-0.1, -0.05) is 6.07 Å². The van der Waals surface area contributed by atoms with Crippen molar-refractivity contribution in [3.8, 4) is 0 Å². The Morgan fingerprint density at radius 2 is 2.22 bits per heavy atom. The molecule has 2 heterocycles. The molecule has 0 aliphatic carbocycles. The highest BCUT2D eigenvalue weighted by molar-refractivity contribution is 5.90. The molecule has 1 aliphatic rings. The lowest BCUT2D eigenvalue weighted by Gasteiger charge is -2.33. The first kappa shape index (κ1) is 20.7. The normalized spacial score (nSPS) is 17.4. The molecule has 148 valence electrons. The van der Waals surface area contributed by atoms with E-state index in [0.717, 1.165) is 25.1 Å². The molecule has 0 saturated carbocycles. The van der Waals surface area contributed by atoms with Gasteiger partial charge in [0, 0.05) is 38.8 Å². The molecule has 8 nitrogen and oxygen atoms in total. The first-order chi connectivity index (χ1) is 13.0. The second kappa shape index (κ2) is 10.5. The Kier molecular flexibility index (Phi) is 8.03. The minimum atomic E-state index is -0.150. The molecule has 8 heteroatoms. The van der Waals surface area contributed by atoms with Gasteiger partial charge in [-0.2, -0.15) is 0 Å². The lowest BCUT2D eigenvalue weighted by Crippen LogP contribution is -2.48. The molecule has 0 spiro atoms. The van der Waals surface area contributed by atoms with Gasteiger partial charge in [0.15, 0.2) is 5.96 Å². The number of guanidine groups is 1. The Balaban J connectivity index is 1.79. The molecule has 1 aromatic rings.